The highest BCUT2D eigenvalue weighted by Gasteiger charge is 2.18. The van der Waals surface area contributed by atoms with Crippen LogP contribution in [0.25, 0.3) is 5.57 Å². The number of allylic oxidation sites excluding steroid dienone is 1. The Kier molecular flexibility index (Phi) is 7.60. The number of likely N-dealkylation sites (tertiary alicyclic amines) is 1. The molecule has 2 aromatic carbocycles. The van der Waals surface area contributed by atoms with E-state index in [2.05, 4.69) is 77.4 Å². The summed E-state index contributed by atoms with van der Waals surface area (Å²) in [5.74, 6) is 1.51. The van der Waals surface area contributed by atoms with Gasteiger partial charge in [0.15, 0.2) is 0 Å². The minimum atomic E-state index is 0.524. The van der Waals surface area contributed by atoms with Crippen LogP contribution in [0.4, 0.5) is 0 Å². The lowest BCUT2D eigenvalue weighted by atomic mass is 9.90. The smallest absolute Gasteiger partial charge is 0.119 e. The van der Waals surface area contributed by atoms with Gasteiger partial charge in [-0.15, -0.1) is 0 Å². The van der Waals surface area contributed by atoms with Gasteiger partial charge in [0.2, 0.25) is 0 Å². The molecule has 0 spiro atoms. The lowest BCUT2D eigenvalue weighted by Crippen LogP contribution is -2.30. The third-order valence-electron chi connectivity index (χ3n) is 6.42. The molecule has 0 aliphatic carbocycles. The van der Waals surface area contributed by atoms with Gasteiger partial charge in [0.25, 0.3) is 0 Å². The van der Waals surface area contributed by atoms with Crippen molar-refractivity contribution in [1.82, 2.24) is 9.80 Å². The van der Waals surface area contributed by atoms with Crippen LogP contribution in [0.5, 0.6) is 5.75 Å². The zero-order chi connectivity index (χ0) is 20.6. The minimum Gasteiger partial charge on any atom is -0.492 e. The van der Waals surface area contributed by atoms with Gasteiger partial charge in [-0.3, -0.25) is 9.80 Å². The van der Waals surface area contributed by atoms with Crippen molar-refractivity contribution in [2.75, 3.05) is 39.3 Å². The predicted molar refractivity (Wildman–Crippen MR) is 126 cm³/mol. The standard InChI is InChI=1S/C27H36N2O/c1-23-21-29(22-24-9-3-2-4-10-24)18-6-5-11-27(23)25-12-14-26(15-13-25)30-20-19-28-16-7-8-17-28/h2-4,9-15,23H,5-8,16-22H2,1H3/b27-11+. The molecule has 30 heavy (non-hydrogen) atoms. The maximum Gasteiger partial charge on any atom is 0.119 e. The van der Waals surface area contributed by atoms with Crippen LogP contribution < -0.4 is 4.74 Å². The summed E-state index contributed by atoms with van der Waals surface area (Å²) in [6.07, 6.45) is 7.52. The highest BCUT2D eigenvalue weighted by Crippen LogP contribution is 2.29. The third-order valence-corrected chi connectivity index (χ3v) is 6.42. The van der Waals surface area contributed by atoms with Crippen LogP contribution in [0.3, 0.4) is 0 Å². The first-order valence-electron chi connectivity index (χ1n) is 11.7. The second kappa shape index (κ2) is 10.8. The Labute approximate surface area is 182 Å². The van der Waals surface area contributed by atoms with Gasteiger partial charge in [-0.2, -0.15) is 0 Å². The molecule has 2 aliphatic heterocycles. The van der Waals surface area contributed by atoms with E-state index in [0.717, 1.165) is 38.4 Å². The van der Waals surface area contributed by atoms with Crippen LogP contribution in [-0.2, 0) is 6.54 Å². The van der Waals surface area contributed by atoms with E-state index >= 15 is 0 Å². The lowest BCUT2D eigenvalue weighted by molar-refractivity contribution is 0.237. The normalized spacial score (nSPS) is 22.8. The number of hydrogen-bond donors (Lipinski definition) is 0. The molecular formula is C27H36N2O. The van der Waals surface area contributed by atoms with Crippen LogP contribution in [0.2, 0.25) is 0 Å². The van der Waals surface area contributed by atoms with E-state index in [0.29, 0.717) is 5.92 Å². The summed E-state index contributed by atoms with van der Waals surface area (Å²) in [6.45, 7) is 9.98. The Balaban J connectivity index is 1.33. The Bertz CT molecular complexity index is 793. The van der Waals surface area contributed by atoms with Crippen molar-refractivity contribution in [1.29, 1.82) is 0 Å². The van der Waals surface area contributed by atoms with Gasteiger partial charge in [0.1, 0.15) is 12.4 Å². The molecular weight excluding hydrogens is 368 g/mol. The highest BCUT2D eigenvalue weighted by atomic mass is 16.5. The summed E-state index contributed by atoms with van der Waals surface area (Å²) >= 11 is 0. The zero-order valence-corrected chi connectivity index (χ0v) is 18.4. The summed E-state index contributed by atoms with van der Waals surface area (Å²) in [4.78, 5) is 5.11. The second-order valence-corrected chi connectivity index (χ2v) is 8.85. The summed E-state index contributed by atoms with van der Waals surface area (Å²) in [5, 5.41) is 0. The minimum absolute atomic E-state index is 0.524. The van der Waals surface area contributed by atoms with Crippen molar-refractivity contribution >= 4 is 5.57 Å². The van der Waals surface area contributed by atoms with Crippen LogP contribution >= 0.6 is 0 Å². The van der Waals surface area contributed by atoms with E-state index in [1.54, 1.807) is 0 Å². The maximum atomic E-state index is 6.00. The number of rotatable bonds is 7. The van der Waals surface area contributed by atoms with E-state index in [1.165, 1.54) is 55.6 Å². The first-order chi connectivity index (χ1) is 14.8. The molecule has 2 aromatic rings. The van der Waals surface area contributed by atoms with Crippen LogP contribution in [0, 0.1) is 5.92 Å². The van der Waals surface area contributed by atoms with Crippen LogP contribution in [0.15, 0.2) is 60.7 Å². The molecule has 0 radical (unpaired) electrons. The van der Waals surface area contributed by atoms with Gasteiger partial charge < -0.3 is 4.74 Å². The Morgan fingerprint density at radius 2 is 1.60 bits per heavy atom. The molecule has 2 aliphatic rings. The van der Waals surface area contributed by atoms with E-state index in [-0.39, 0.29) is 0 Å². The molecule has 0 bridgehead atoms. The molecule has 160 valence electrons. The van der Waals surface area contributed by atoms with E-state index < -0.39 is 0 Å². The van der Waals surface area contributed by atoms with Crippen molar-refractivity contribution in [3.63, 3.8) is 0 Å². The van der Waals surface area contributed by atoms with E-state index in [4.69, 9.17) is 4.74 Å². The van der Waals surface area contributed by atoms with Gasteiger partial charge in [-0.05, 0) is 80.1 Å². The molecule has 0 saturated carbocycles. The molecule has 3 heteroatoms. The van der Waals surface area contributed by atoms with Crippen LogP contribution in [0.1, 0.15) is 43.7 Å². The van der Waals surface area contributed by atoms with Gasteiger partial charge in [0, 0.05) is 19.6 Å². The molecule has 1 unspecified atom stereocenters. The van der Waals surface area contributed by atoms with E-state index in [9.17, 15) is 0 Å². The average molecular weight is 405 g/mol. The number of nitrogens with zero attached hydrogens (tertiary/aromatic N) is 2. The van der Waals surface area contributed by atoms with Gasteiger partial charge >= 0.3 is 0 Å². The molecule has 0 N–H and O–H groups in total. The van der Waals surface area contributed by atoms with Crippen molar-refractivity contribution < 1.29 is 4.74 Å². The SMILES string of the molecule is CC1CN(Cc2ccccc2)CCC/C=C\1c1ccc(OCCN2CCCC2)cc1. The maximum absolute atomic E-state index is 6.00. The number of benzene rings is 2. The number of hydrogen-bond acceptors (Lipinski definition) is 3. The summed E-state index contributed by atoms with van der Waals surface area (Å²) < 4.78 is 6.00. The molecule has 3 nitrogen and oxygen atoms in total. The highest BCUT2D eigenvalue weighted by molar-refractivity contribution is 5.68. The van der Waals surface area contributed by atoms with Crippen molar-refractivity contribution in [3.8, 4) is 5.75 Å². The summed E-state index contributed by atoms with van der Waals surface area (Å²) in [7, 11) is 0. The molecule has 0 aromatic heterocycles. The monoisotopic (exact) mass is 404 g/mol. The average Bonchev–Trinajstić information content (AvgIpc) is 3.27. The van der Waals surface area contributed by atoms with Crippen molar-refractivity contribution in [3.05, 3.63) is 71.8 Å². The predicted octanol–water partition coefficient (Wildman–Crippen LogP) is 5.48. The lowest BCUT2D eigenvalue weighted by Gasteiger charge is -2.29. The Morgan fingerprint density at radius 1 is 0.867 bits per heavy atom. The van der Waals surface area contributed by atoms with Crippen molar-refractivity contribution in [2.45, 2.75) is 39.2 Å². The summed E-state index contributed by atoms with van der Waals surface area (Å²) in [5.41, 5.74) is 4.23. The Hall–Kier alpha value is -2.10. The summed E-state index contributed by atoms with van der Waals surface area (Å²) in [6, 6.07) is 19.6. The zero-order valence-electron chi connectivity index (χ0n) is 18.4. The molecule has 4 rings (SSSR count). The molecule has 0 amide bonds. The van der Waals surface area contributed by atoms with Crippen LogP contribution in [-0.4, -0.2) is 49.1 Å². The third kappa shape index (κ3) is 5.96. The largest absolute Gasteiger partial charge is 0.492 e. The van der Waals surface area contributed by atoms with Gasteiger partial charge in [-0.25, -0.2) is 0 Å². The quantitative estimate of drug-likeness (QED) is 0.608. The van der Waals surface area contributed by atoms with Crippen molar-refractivity contribution in [2.24, 2.45) is 5.92 Å². The number of ether oxygens (including phenoxy) is 1. The first kappa shape index (κ1) is 21.1. The molecule has 1 atom stereocenters. The topological polar surface area (TPSA) is 15.7 Å². The van der Waals surface area contributed by atoms with E-state index in [1.807, 2.05) is 0 Å². The fraction of sp³-hybridized carbons (Fsp3) is 0.481. The fourth-order valence-corrected chi connectivity index (χ4v) is 4.78. The second-order valence-electron chi connectivity index (χ2n) is 8.85. The molecule has 2 heterocycles. The van der Waals surface area contributed by atoms with Gasteiger partial charge in [0.05, 0.1) is 0 Å². The molecule has 1 saturated heterocycles. The fourth-order valence-electron chi connectivity index (χ4n) is 4.78. The Morgan fingerprint density at radius 3 is 2.37 bits per heavy atom. The first-order valence-corrected chi connectivity index (χ1v) is 11.7. The molecule has 1 fully saturated rings. The van der Waals surface area contributed by atoms with Gasteiger partial charge in [-0.1, -0.05) is 55.5 Å².